The first-order valence-electron chi connectivity index (χ1n) is 8.52. The topological polar surface area (TPSA) is 93.9 Å². The summed E-state index contributed by atoms with van der Waals surface area (Å²) >= 11 is 0. The molecule has 1 amide bonds. The second kappa shape index (κ2) is 7.74. The lowest BCUT2D eigenvalue weighted by atomic mass is 9.72. The predicted molar refractivity (Wildman–Crippen MR) is 99.0 cm³/mol. The molecule has 0 spiro atoms. The van der Waals surface area contributed by atoms with E-state index in [4.69, 9.17) is 0 Å². The lowest BCUT2D eigenvalue weighted by Crippen LogP contribution is -2.51. The normalized spacial score (nSPS) is 13.8. The van der Waals surface area contributed by atoms with Crippen LogP contribution in [0.25, 0.3) is 0 Å². The summed E-state index contributed by atoms with van der Waals surface area (Å²) in [6.45, 7) is 5.80. The first-order valence-corrected chi connectivity index (χ1v) is 8.52. The van der Waals surface area contributed by atoms with Crippen molar-refractivity contribution in [3.63, 3.8) is 0 Å². The summed E-state index contributed by atoms with van der Waals surface area (Å²) in [7, 11) is 0. The Labute approximate surface area is 153 Å². The molecule has 6 nitrogen and oxygen atoms in total. The van der Waals surface area contributed by atoms with Crippen LogP contribution in [0.5, 0.6) is 5.75 Å². The number of aliphatic hydroxyl groups is 1. The number of phenols is 1. The van der Waals surface area contributed by atoms with E-state index in [0.717, 1.165) is 5.56 Å². The highest BCUT2D eigenvalue weighted by Crippen LogP contribution is 2.39. The van der Waals surface area contributed by atoms with Gasteiger partial charge >= 0.3 is 6.09 Å². The Hall–Kier alpha value is -2.60. The molecule has 6 heteroatoms. The van der Waals surface area contributed by atoms with Gasteiger partial charge in [0.1, 0.15) is 11.4 Å². The molecule has 0 bridgehead atoms. The molecule has 1 heterocycles. The Morgan fingerprint density at radius 1 is 1.15 bits per heavy atom. The van der Waals surface area contributed by atoms with E-state index in [2.05, 4.69) is 4.98 Å². The fourth-order valence-electron chi connectivity index (χ4n) is 2.81. The molecule has 0 unspecified atom stereocenters. The third-order valence-corrected chi connectivity index (χ3v) is 4.68. The fraction of sp³-hybridized carbons (Fsp3) is 0.400. The number of nitrogens with zero attached hydrogens (tertiary/aromatic N) is 2. The monoisotopic (exact) mass is 358 g/mol. The third kappa shape index (κ3) is 4.52. The van der Waals surface area contributed by atoms with Gasteiger partial charge in [0, 0.05) is 24.5 Å². The van der Waals surface area contributed by atoms with Crippen LogP contribution in [0, 0.1) is 5.41 Å². The van der Waals surface area contributed by atoms with Crippen LogP contribution in [0.15, 0.2) is 48.8 Å². The Bertz CT molecular complexity index is 726. The Morgan fingerprint density at radius 2 is 1.81 bits per heavy atom. The summed E-state index contributed by atoms with van der Waals surface area (Å²) in [5, 5.41) is 30.4. The molecule has 0 saturated carbocycles. The third-order valence-electron chi connectivity index (χ3n) is 4.68. The zero-order valence-corrected chi connectivity index (χ0v) is 15.4. The summed E-state index contributed by atoms with van der Waals surface area (Å²) in [6.07, 6.45) is 2.59. The van der Waals surface area contributed by atoms with Crippen LogP contribution in [0.4, 0.5) is 4.79 Å². The molecule has 2 aromatic rings. The standard InChI is InChI=1S/C20H26N2O4/c1-19(2,3)20(26,16-5-4-11-21-13-16)14-22(18(24)25)12-10-15-6-8-17(23)9-7-15/h4-9,11,13,23,26H,10,12,14H2,1-3H3,(H,24,25)/t20-/m0/s1. The molecule has 0 radical (unpaired) electrons. The summed E-state index contributed by atoms with van der Waals surface area (Å²) in [4.78, 5) is 17.1. The highest BCUT2D eigenvalue weighted by atomic mass is 16.4. The molecule has 0 aliphatic heterocycles. The van der Waals surface area contributed by atoms with E-state index in [1.165, 1.54) is 4.90 Å². The van der Waals surface area contributed by atoms with Crippen molar-refractivity contribution < 1.29 is 20.1 Å². The van der Waals surface area contributed by atoms with Crippen LogP contribution in [0.2, 0.25) is 0 Å². The average molecular weight is 358 g/mol. The second-order valence-corrected chi connectivity index (χ2v) is 7.47. The minimum atomic E-state index is -1.38. The van der Waals surface area contributed by atoms with Crippen molar-refractivity contribution in [2.24, 2.45) is 5.41 Å². The minimum absolute atomic E-state index is 0.0599. The van der Waals surface area contributed by atoms with Gasteiger partial charge in [-0.1, -0.05) is 39.0 Å². The van der Waals surface area contributed by atoms with Gasteiger partial charge in [0.15, 0.2) is 0 Å². The predicted octanol–water partition coefficient (Wildman–Crippen LogP) is 3.24. The van der Waals surface area contributed by atoms with Gasteiger partial charge in [-0.2, -0.15) is 0 Å². The molecule has 1 aromatic heterocycles. The van der Waals surface area contributed by atoms with Gasteiger partial charge in [0.25, 0.3) is 0 Å². The maximum absolute atomic E-state index is 11.8. The van der Waals surface area contributed by atoms with E-state index >= 15 is 0 Å². The fourth-order valence-corrected chi connectivity index (χ4v) is 2.81. The lowest BCUT2D eigenvalue weighted by molar-refractivity contribution is -0.0828. The van der Waals surface area contributed by atoms with Crippen LogP contribution >= 0.6 is 0 Å². The maximum atomic E-state index is 11.8. The number of hydrogen-bond acceptors (Lipinski definition) is 4. The van der Waals surface area contributed by atoms with Crippen molar-refractivity contribution in [1.82, 2.24) is 9.88 Å². The van der Waals surface area contributed by atoms with Crippen LogP contribution < -0.4 is 0 Å². The van der Waals surface area contributed by atoms with Crippen molar-refractivity contribution in [3.8, 4) is 5.75 Å². The number of hydrogen-bond donors (Lipinski definition) is 3. The van der Waals surface area contributed by atoms with Gasteiger partial charge < -0.3 is 20.2 Å². The Morgan fingerprint density at radius 3 is 2.31 bits per heavy atom. The van der Waals surface area contributed by atoms with Crippen molar-refractivity contribution in [1.29, 1.82) is 0 Å². The second-order valence-electron chi connectivity index (χ2n) is 7.47. The van der Waals surface area contributed by atoms with Crippen molar-refractivity contribution in [3.05, 3.63) is 59.9 Å². The van der Waals surface area contributed by atoms with Crippen molar-refractivity contribution >= 4 is 6.09 Å². The molecule has 2 rings (SSSR count). The molecule has 26 heavy (non-hydrogen) atoms. The van der Waals surface area contributed by atoms with E-state index in [9.17, 15) is 20.1 Å². The van der Waals surface area contributed by atoms with Crippen LogP contribution in [0.1, 0.15) is 31.9 Å². The zero-order valence-electron chi connectivity index (χ0n) is 15.4. The number of carboxylic acid groups (broad SMARTS) is 1. The summed E-state index contributed by atoms with van der Waals surface area (Å²) in [5.74, 6) is 0.169. The molecule has 0 aliphatic carbocycles. The number of rotatable bonds is 6. The van der Waals surface area contributed by atoms with Gasteiger partial charge in [0.2, 0.25) is 0 Å². The van der Waals surface area contributed by atoms with E-state index in [0.29, 0.717) is 12.0 Å². The molecule has 0 fully saturated rings. The molecule has 0 saturated heterocycles. The number of amides is 1. The maximum Gasteiger partial charge on any atom is 0.407 e. The highest BCUT2D eigenvalue weighted by Gasteiger charge is 2.44. The molecular formula is C20H26N2O4. The average Bonchev–Trinajstić information content (AvgIpc) is 2.59. The van der Waals surface area contributed by atoms with E-state index in [-0.39, 0.29) is 18.8 Å². The highest BCUT2D eigenvalue weighted by molar-refractivity contribution is 5.65. The van der Waals surface area contributed by atoms with Gasteiger partial charge in [-0.15, -0.1) is 0 Å². The van der Waals surface area contributed by atoms with Gasteiger partial charge in [-0.25, -0.2) is 4.79 Å². The minimum Gasteiger partial charge on any atom is -0.508 e. The van der Waals surface area contributed by atoms with Crippen molar-refractivity contribution in [2.45, 2.75) is 32.8 Å². The molecular weight excluding hydrogens is 332 g/mol. The van der Waals surface area contributed by atoms with Gasteiger partial charge in [-0.05, 0) is 35.6 Å². The number of phenolic OH excluding ortho intramolecular Hbond substituents is 1. The quantitative estimate of drug-likeness (QED) is 0.737. The van der Waals surface area contributed by atoms with E-state index < -0.39 is 17.1 Å². The van der Waals surface area contributed by atoms with Crippen LogP contribution in [-0.2, 0) is 12.0 Å². The molecule has 1 aromatic carbocycles. The molecule has 0 aliphatic rings. The summed E-state index contributed by atoms with van der Waals surface area (Å²) in [5.41, 5.74) is -0.477. The number of carbonyl (C=O) groups is 1. The Kier molecular flexibility index (Phi) is 5.87. The van der Waals surface area contributed by atoms with Crippen LogP contribution in [0.3, 0.4) is 0 Å². The van der Waals surface area contributed by atoms with Gasteiger partial charge in [0.05, 0.1) is 6.54 Å². The van der Waals surface area contributed by atoms with Crippen LogP contribution in [-0.4, -0.2) is 44.4 Å². The molecule has 140 valence electrons. The largest absolute Gasteiger partial charge is 0.508 e. The van der Waals surface area contributed by atoms with Crippen molar-refractivity contribution in [2.75, 3.05) is 13.1 Å². The molecule has 3 N–H and O–H groups in total. The number of benzene rings is 1. The lowest BCUT2D eigenvalue weighted by Gasteiger charge is -2.43. The smallest absolute Gasteiger partial charge is 0.407 e. The van der Waals surface area contributed by atoms with E-state index in [1.54, 1.807) is 48.8 Å². The number of pyridine rings is 1. The Balaban J connectivity index is 2.22. The number of aromatic nitrogens is 1. The summed E-state index contributed by atoms with van der Waals surface area (Å²) in [6, 6.07) is 10.1. The SMILES string of the molecule is CC(C)(C)[C@](O)(CN(CCc1ccc(O)cc1)C(=O)O)c1cccnc1. The van der Waals surface area contributed by atoms with E-state index in [1.807, 2.05) is 20.8 Å². The first-order chi connectivity index (χ1) is 12.1. The number of aromatic hydroxyl groups is 1. The first kappa shape index (κ1) is 19.7. The van der Waals surface area contributed by atoms with Gasteiger partial charge in [-0.3, -0.25) is 4.98 Å². The zero-order chi connectivity index (χ0) is 19.4. The molecule has 1 atom stereocenters. The summed E-state index contributed by atoms with van der Waals surface area (Å²) < 4.78 is 0.